The second-order valence-corrected chi connectivity index (χ2v) is 3.60. The fourth-order valence-corrected chi connectivity index (χ4v) is 1.95. The lowest BCUT2D eigenvalue weighted by Crippen LogP contribution is -1.93. The average Bonchev–Trinajstić information content (AvgIpc) is 2.62. The highest BCUT2D eigenvalue weighted by Gasteiger charge is 2.07. The third kappa shape index (κ3) is 1.03. The van der Waals surface area contributed by atoms with Crippen LogP contribution in [0.15, 0.2) is 36.4 Å². The molecule has 0 spiro atoms. The predicted octanol–water partition coefficient (Wildman–Crippen LogP) is 2.50. The minimum Gasteiger partial charge on any atom is -0.494 e. The Morgan fingerprint density at radius 1 is 1.07 bits per heavy atom. The lowest BCUT2D eigenvalue weighted by Gasteiger charge is -2.05. The molecular formula is C12H10N2O. The van der Waals surface area contributed by atoms with Crippen LogP contribution in [-0.4, -0.2) is 14.5 Å². The molecule has 15 heavy (non-hydrogen) atoms. The van der Waals surface area contributed by atoms with Crippen molar-refractivity contribution in [2.45, 2.75) is 6.92 Å². The minimum atomic E-state index is 0.256. The Bertz CT molecular complexity index is 655. The maximum Gasteiger partial charge on any atom is 0.196 e. The smallest absolute Gasteiger partial charge is 0.196 e. The van der Waals surface area contributed by atoms with Crippen molar-refractivity contribution in [3.05, 3.63) is 42.1 Å². The number of aromatic nitrogens is 2. The van der Waals surface area contributed by atoms with Gasteiger partial charge in [-0.15, -0.1) is 0 Å². The van der Waals surface area contributed by atoms with Crippen molar-refractivity contribution >= 4 is 16.6 Å². The van der Waals surface area contributed by atoms with Gasteiger partial charge in [-0.25, -0.2) is 4.98 Å². The van der Waals surface area contributed by atoms with E-state index in [2.05, 4.69) is 4.98 Å². The van der Waals surface area contributed by atoms with E-state index in [-0.39, 0.29) is 5.88 Å². The quantitative estimate of drug-likeness (QED) is 0.602. The molecule has 0 aliphatic carbocycles. The summed E-state index contributed by atoms with van der Waals surface area (Å²) in [7, 11) is 0. The van der Waals surface area contributed by atoms with Crippen molar-refractivity contribution in [3.63, 3.8) is 0 Å². The second kappa shape index (κ2) is 2.73. The van der Waals surface area contributed by atoms with Gasteiger partial charge in [-0.1, -0.05) is 12.1 Å². The first kappa shape index (κ1) is 8.29. The van der Waals surface area contributed by atoms with Gasteiger partial charge >= 0.3 is 0 Å². The second-order valence-electron chi connectivity index (χ2n) is 3.60. The van der Waals surface area contributed by atoms with Crippen LogP contribution >= 0.6 is 0 Å². The number of benzene rings is 1. The molecule has 0 atom stereocenters. The number of aryl methyl sites for hydroxylation is 1. The van der Waals surface area contributed by atoms with Gasteiger partial charge in [-0.2, -0.15) is 0 Å². The summed E-state index contributed by atoms with van der Waals surface area (Å²) in [5, 5.41) is 9.77. The summed E-state index contributed by atoms with van der Waals surface area (Å²) in [6.45, 7) is 1.95. The van der Waals surface area contributed by atoms with Gasteiger partial charge in [-0.05, 0) is 25.1 Å². The van der Waals surface area contributed by atoms with Crippen LogP contribution in [-0.2, 0) is 0 Å². The maximum atomic E-state index is 9.77. The summed E-state index contributed by atoms with van der Waals surface area (Å²) in [6, 6.07) is 11.4. The molecule has 0 amide bonds. The fraction of sp³-hybridized carbons (Fsp3) is 0.0833. The molecule has 3 rings (SSSR count). The van der Waals surface area contributed by atoms with Gasteiger partial charge in [0.25, 0.3) is 0 Å². The molecule has 0 saturated heterocycles. The first-order valence-electron chi connectivity index (χ1n) is 4.83. The van der Waals surface area contributed by atoms with Gasteiger partial charge in [0.2, 0.25) is 0 Å². The van der Waals surface area contributed by atoms with E-state index >= 15 is 0 Å². The Balaban J connectivity index is 2.67. The zero-order valence-corrected chi connectivity index (χ0v) is 8.31. The number of aromatic hydroxyl groups is 1. The molecule has 3 nitrogen and oxygen atoms in total. The topological polar surface area (TPSA) is 37.5 Å². The third-order valence-corrected chi connectivity index (χ3v) is 2.64. The summed E-state index contributed by atoms with van der Waals surface area (Å²) < 4.78 is 1.82. The number of para-hydroxylation sites is 2. The zero-order chi connectivity index (χ0) is 10.4. The van der Waals surface area contributed by atoms with Crippen LogP contribution in [0.25, 0.3) is 16.6 Å². The highest BCUT2D eigenvalue weighted by atomic mass is 16.3. The molecule has 0 aliphatic rings. The SMILES string of the molecule is Cc1nc2ccccc2n2c(O)ccc12. The van der Waals surface area contributed by atoms with E-state index in [1.807, 2.05) is 41.7 Å². The molecule has 0 fully saturated rings. The van der Waals surface area contributed by atoms with Crippen molar-refractivity contribution in [3.8, 4) is 5.88 Å². The molecule has 3 aromatic rings. The molecule has 0 saturated carbocycles. The third-order valence-electron chi connectivity index (χ3n) is 2.64. The first-order valence-corrected chi connectivity index (χ1v) is 4.83. The minimum absolute atomic E-state index is 0.256. The lowest BCUT2D eigenvalue weighted by atomic mass is 10.2. The molecule has 2 heterocycles. The molecule has 1 aromatic carbocycles. The summed E-state index contributed by atoms with van der Waals surface area (Å²) in [5.41, 5.74) is 3.70. The Hall–Kier alpha value is -2.03. The maximum absolute atomic E-state index is 9.77. The summed E-state index contributed by atoms with van der Waals surface area (Å²) >= 11 is 0. The molecule has 0 aliphatic heterocycles. The first-order chi connectivity index (χ1) is 7.27. The van der Waals surface area contributed by atoms with Crippen molar-refractivity contribution < 1.29 is 5.11 Å². The van der Waals surface area contributed by atoms with E-state index in [1.165, 1.54) is 0 Å². The van der Waals surface area contributed by atoms with Crippen LogP contribution in [0, 0.1) is 6.92 Å². The van der Waals surface area contributed by atoms with Gasteiger partial charge in [0.15, 0.2) is 5.88 Å². The van der Waals surface area contributed by atoms with E-state index in [1.54, 1.807) is 6.07 Å². The van der Waals surface area contributed by atoms with Crippen molar-refractivity contribution in [1.82, 2.24) is 9.38 Å². The Kier molecular flexibility index (Phi) is 1.51. The Morgan fingerprint density at radius 2 is 1.87 bits per heavy atom. The molecular weight excluding hydrogens is 188 g/mol. The average molecular weight is 198 g/mol. The van der Waals surface area contributed by atoms with E-state index in [9.17, 15) is 5.11 Å². The van der Waals surface area contributed by atoms with Gasteiger partial charge in [-0.3, -0.25) is 4.40 Å². The molecule has 0 radical (unpaired) electrons. The molecule has 1 N–H and O–H groups in total. The van der Waals surface area contributed by atoms with Gasteiger partial charge in [0, 0.05) is 6.07 Å². The summed E-state index contributed by atoms with van der Waals surface area (Å²) in [4.78, 5) is 4.49. The summed E-state index contributed by atoms with van der Waals surface area (Å²) in [6.07, 6.45) is 0. The van der Waals surface area contributed by atoms with Crippen molar-refractivity contribution in [2.24, 2.45) is 0 Å². The van der Waals surface area contributed by atoms with Gasteiger partial charge in [0.1, 0.15) is 0 Å². The molecule has 0 bridgehead atoms. The van der Waals surface area contributed by atoms with Crippen LogP contribution in [0.3, 0.4) is 0 Å². The molecule has 74 valence electrons. The van der Waals surface area contributed by atoms with Gasteiger partial charge in [0.05, 0.1) is 22.2 Å². The van der Waals surface area contributed by atoms with Gasteiger partial charge < -0.3 is 5.11 Å². The lowest BCUT2D eigenvalue weighted by molar-refractivity contribution is 0.451. The van der Waals surface area contributed by atoms with E-state index in [0.717, 1.165) is 22.2 Å². The number of fused-ring (bicyclic) bond motifs is 3. The molecule has 2 aromatic heterocycles. The Morgan fingerprint density at radius 3 is 2.73 bits per heavy atom. The highest BCUT2D eigenvalue weighted by molar-refractivity contribution is 5.80. The molecule has 0 unspecified atom stereocenters. The summed E-state index contributed by atoms with van der Waals surface area (Å²) in [5.74, 6) is 0.256. The number of hydrogen-bond acceptors (Lipinski definition) is 2. The van der Waals surface area contributed by atoms with Crippen LogP contribution < -0.4 is 0 Å². The van der Waals surface area contributed by atoms with Crippen LogP contribution in [0.1, 0.15) is 5.69 Å². The fourth-order valence-electron chi connectivity index (χ4n) is 1.95. The van der Waals surface area contributed by atoms with Crippen LogP contribution in [0.2, 0.25) is 0 Å². The highest BCUT2D eigenvalue weighted by Crippen LogP contribution is 2.24. The normalized spacial score (nSPS) is 11.3. The van der Waals surface area contributed by atoms with Crippen molar-refractivity contribution in [2.75, 3.05) is 0 Å². The largest absolute Gasteiger partial charge is 0.494 e. The Labute approximate surface area is 86.6 Å². The standard InChI is InChI=1S/C12H10N2O/c1-8-10-6-7-12(15)14(10)11-5-3-2-4-9(11)13-8/h2-7,15H,1H3. The monoisotopic (exact) mass is 198 g/mol. The molecule has 3 heteroatoms. The predicted molar refractivity (Wildman–Crippen MR) is 59.1 cm³/mol. The van der Waals surface area contributed by atoms with E-state index in [4.69, 9.17) is 0 Å². The van der Waals surface area contributed by atoms with Crippen LogP contribution in [0.4, 0.5) is 0 Å². The van der Waals surface area contributed by atoms with E-state index < -0.39 is 0 Å². The zero-order valence-electron chi connectivity index (χ0n) is 8.31. The number of hydrogen-bond donors (Lipinski definition) is 1. The van der Waals surface area contributed by atoms with Crippen molar-refractivity contribution in [1.29, 1.82) is 0 Å². The van der Waals surface area contributed by atoms with Crippen LogP contribution in [0.5, 0.6) is 5.88 Å². The number of rotatable bonds is 0. The number of nitrogens with zero attached hydrogens (tertiary/aromatic N) is 2. The van der Waals surface area contributed by atoms with E-state index in [0.29, 0.717) is 0 Å².